The van der Waals surface area contributed by atoms with Crippen LogP contribution in [0.5, 0.6) is 5.75 Å². The zero-order valence-electron chi connectivity index (χ0n) is 17.2. The standard InChI is InChI=1S/C23H25N3O3/c1-14-12-25(13-22(27)26(14)18-6-5-7-19(11-18)29-4)23(28)17-8-9-21-20(10-17)15(2)16(3)24-21/h5-11,14,24H,12-13H2,1-4H3/t14-/m0/s1. The second-order valence-electron chi connectivity index (χ2n) is 7.64. The lowest BCUT2D eigenvalue weighted by molar-refractivity contribution is -0.121. The molecule has 0 radical (unpaired) electrons. The van der Waals surface area contributed by atoms with Gasteiger partial charge in [0.05, 0.1) is 13.2 Å². The summed E-state index contributed by atoms with van der Waals surface area (Å²) < 4.78 is 5.27. The highest BCUT2D eigenvalue weighted by Crippen LogP contribution is 2.27. The molecule has 2 heterocycles. The van der Waals surface area contributed by atoms with Crippen LogP contribution in [0.4, 0.5) is 5.69 Å². The highest BCUT2D eigenvalue weighted by Gasteiger charge is 2.33. The summed E-state index contributed by atoms with van der Waals surface area (Å²) in [6.07, 6.45) is 0. The van der Waals surface area contributed by atoms with E-state index in [1.54, 1.807) is 16.9 Å². The number of nitrogens with one attached hydrogen (secondary N) is 1. The van der Waals surface area contributed by atoms with Crippen molar-refractivity contribution in [1.29, 1.82) is 0 Å². The first-order chi connectivity index (χ1) is 13.9. The molecule has 1 aliphatic heterocycles. The van der Waals surface area contributed by atoms with Crippen LogP contribution in [0.25, 0.3) is 10.9 Å². The summed E-state index contributed by atoms with van der Waals surface area (Å²) in [5.41, 5.74) is 4.65. The van der Waals surface area contributed by atoms with E-state index in [4.69, 9.17) is 4.74 Å². The fraction of sp³-hybridized carbons (Fsp3) is 0.304. The van der Waals surface area contributed by atoms with E-state index < -0.39 is 0 Å². The predicted molar refractivity (Wildman–Crippen MR) is 114 cm³/mol. The van der Waals surface area contributed by atoms with Crippen LogP contribution in [0.2, 0.25) is 0 Å². The SMILES string of the molecule is COc1cccc(N2C(=O)CN(C(=O)c3ccc4[nH]c(C)c(C)c4c3)C[C@@H]2C)c1. The summed E-state index contributed by atoms with van der Waals surface area (Å²) in [6.45, 7) is 6.56. The Labute approximate surface area is 170 Å². The van der Waals surface area contributed by atoms with Crippen LogP contribution >= 0.6 is 0 Å². The van der Waals surface area contributed by atoms with Gasteiger partial charge in [0, 0.05) is 40.5 Å². The number of hydrogen-bond acceptors (Lipinski definition) is 3. The smallest absolute Gasteiger partial charge is 0.254 e. The summed E-state index contributed by atoms with van der Waals surface area (Å²) in [5.74, 6) is 0.488. The first-order valence-corrected chi connectivity index (χ1v) is 9.73. The van der Waals surface area contributed by atoms with Crippen LogP contribution < -0.4 is 9.64 Å². The predicted octanol–water partition coefficient (Wildman–Crippen LogP) is 3.67. The molecule has 6 nitrogen and oxygen atoms in total. The van der Waals surface area contributed by atoms with Crippen LogP contribution in [-0.4, -0.2) is 47.9 Å². The fourth-order valence-corrected chi connectivity index (χ4v) is 4.04. The number of methoxy groups -OCH3 is 1. The molecule has 1 aromatic heterocycles. The maximum atomic E-state index is 13.1. The number of anilines is 1. The summed E-state index contributed by atoms with van der Waals surface area (Å²) >= 11 is 0. The molecule has 4 rings (SSSR count). The third-order valence-corrected chi connectivity index (χ3v) is 5.69. The van der Waals surface area contributed by atoms with Crippen molar-refractivity contribution in [3.63, 3.8) is 0 Å². The molecule has 0 bridgehead atoms. The topological polar surface area (TPSA) is 65.6 Å². The van der Waals surface area contributed by atoms with Crippen molar-refractivity contribution in [2.75, 3.05) is 25.1 Å². The van der Waals surface area contributed by atoms with E-state index in [1.165, 1.54) is 0 Å². The number of fused-ring (bicyclic) bond motifs is 1. The lowest BCUT2D eigenvalue weighted by atomic mass is 10.1. The maximum Gasteiger partial charge on any atom is 0.254 e. The summed E-state index contributed by atoms with van der Waals surface area (Å²) in [6, 6.07) is 13.0. The van der Waals surface area contributed by atoms with Crippen LogP contribution in [0.15, 0.2) is 42.5 Å². The Balaban J connectivity index is 1.57. The van der Waals surface area contributed by atoms with E-state index in [1.807, 2.05) is 63.2 Å². The third-order valence-electron chi connectivity index (χ3n) is 5.69. The van der Waals surface area contributed by atoms with Gasteiger partial charge in [0.2, 0.25) is 5.91 Å². The van der Waals surface area contributed by atoms with Gasteiger partial charge >= 0.3 is 0 Å². The van der Waals surface area contributed by atoms with Gasteiger partial charge in [0.1, 0.15) is 12.3 Å². The van der Waals surface area contributed by atoms with E-state index in [-0.39, 0.29) is 24.4 Å². The molecule has 1 saturated heterocycles. The lowest BCUT2D eigenvalue weighted by Crippen LogP contribution is -2.57. The molecule has 0 spiro atoms. The third kappa shape index (κ3) is 3.35. The Bertz CT molecular complexity index is 1100. The number of rotatable bonds is 3. The van der Waals surface area contributed by atoms with Gasteiger partial charge in [-0.05, 0) is 56.7 Å². The molecule has 29 heavy (non-hydrogen) atoms. The molecule has 0 unspecified atom stereocenters. The largest absolute Gasteiger partial charge is 0.497 e. The Morgan fingerprint density at radius 2 is 1.97 bits per heavy atom. The average molecular weight is 391 g/mol. The van der Waals surface area contributed by atoms with Crippen molar-refractivity contribution < 1.29 is 14.3 Å². The molecule has 0 saturated carbocycles. The molecule has 1 fully saturated rings. The minimum atomic E-state index is -0.132. The molecular formula is C23H25N3O3. The molecule has 2 aromatic carbocycles. The van der Waals surface area contributed by atoms with Gasteiger partial charge < -0.3 is 19.5 Å². The highest BCUT2D eigenvalue weighted by atomic mass is 16.5. The fourth-order valence-electron chi connectivity index (χ4n) is 4.04. The number of ether oxygens (including phenoxy) is 1. The number of carbonyl (C=O) groups is 2. The summed E-state index contributed by atoms with van der Waals surface area (Å²) in [4.78, 5) is 32.7. The molecule has 2 amide bonds. The molecule has 3 aromatic rings. The van der Waals surface area contributed by atoms with Gasteiger partial charge in [0.15, 0.2) is 0 Å². The summed E-state index contributed by atoms with van der Waals surface area (Å²) in [7, 11) is 1.60. The van der Waals surface area contributed by atoms with Crippen LogP contribution in [0.3, 0.4) is 0 Å². The Morgan fingerprint density at radius 1 is 1.17 bits per heavy atom. The second-order valence-corrected chi connectivity index (χ2v) is 7.64. The van der Waals surface area contributed by atoms with Crippen molar-refractivity contribution in [3.05, 3.63) is 59.3 Å². The van der Waals surface area contributed by atoms with Crippen molar-refractivity contribution in [2.45, 2.75) is 26.8 Å². The zero-order chi connectivity index (χ0) is 20.7. The van der Waals surface area contributed by atoms with Crippen molar-refractivity contribution >= 4 is 28.4 Å². The number of nitrogens with zero attached hydrogens (tertiary/aromatic N) is 2. The van der Waals surface area contributed by atoms with Gasteiger partial charge in [-0.25, -0.2) is 0 Å². The van der Waals surface area contributed by atoms with E-state index in [2.05, 4.69) is 4.98 Å². The van der Waals surface area contributed by atoms with Gasteiger partial charge in [-0.3, -0.25) is 9.59 Å². The van der Waals surface area contributed by atoms with Crippen LogP contribution in [-0.2, 0) is 4.79 Å². The number of benzene rings is 2. The number of aryl methyl sites for hydroxylation is 2. The number of aromatic amines is 1. The van der Waals surface area contributed by atoms with Gasteiger partial charge in [-0.15, -0.1) is 0 Å². The molecule has 150 valence electrons. The second kappa shape index (κ2) is 7.28. The first kappa shape index (κ1) is 19.1. The van der Waals surface area contributed by atoms with Crippen molar-refractivity contribution in [1.82, 2.24) is 9.88 Å². The number of carbonyl (C=O) groups excluding carboxylic acids is 2. The van der Waals surface area contributed by atoms with Gasteiger partial charge in [0.25, 0.3) is 5.91 Å². The van der Waals surface area contributed by atoms with E-state index in [0.29, 0.717) is 17.9 Å². The zero-order valence-corrected chi connectivity index (χ0v) is 17.2. The lowest BCUT2D eigenvalue weighted by Gasteiger charge is -2.39. The first-order valence-electron chi connectivity index (χ1n) is 9.73. The molecule has 0 aliphatic carbocycles. The van der Waals surface area contributed by atoms with Crippen LogP contribution in [0, 0.1) is 13.8 Å². The quantitative estimate of drug-likeness (QED) is 0.741. The average Bonchev–Trinajstić information content (AvgIpc) is 3.00. The number of piperazine rings is 1. The van der Waals surface area contributed by atoms with Gasteiger partial charge in [-0.1, -0.05) is 6.07 Å². The Morgan fingerprint density at radius 3 is 2.69 bits per heavy atom. The molecule has 1 N–H and O–H groups in total. The molecule has 6 heteroatoms. The monoisotopic (exact) mass is 391 g/mol. The van der Waals surface area contributed by atoms with E-state index in [0.717, 1.165) is 27.8 Å². The van der Waals surface area contributed by atoms with Crippen molar-refractivity contribution in [2.24, 2.45) is 0 Å². The number of amides is 2. The Kier molecular flexibility index (Phi) is 4.78. The van der Waals surface area contributed by atoms with Crippen LogP contribution in [0.1, 0.15) is 28.5 Å². The minimum absolute atomic E-state index is 0.0591. The van der Waals surface area contributed by atoms with E-state index in [9.17, 15) is 9.59 Å². The molecular weight excluding hydrogens is 366 g/mol. The normalized spacial score (nSPS) is 17.1. The Hall–Kier alpha value is -3.28. The number of H-pyrrole nitrogens is 1. The highest BCUT2D eigenvalue weighted by molar-refractivity contribution is 6.03. The minimum Gasteiger partial charge on any atom is -0.497 e. The number of aromatic nitrogens is 1. The molecule has 1 atom stereocenters. The molecule has 1 aliphatic rings. The van der Waals surface area contributed by atoms with E-state index >= 15 is 0 Å². The summed E-state index contributed by atoms with van der Waals surface area (Å²) in [5, 5.41) is 1.04. The number of hydrogen-bond donors (Lipinski definition) is 1. The maximum absolute atomic E-state index is 13.1. The van der Waals surface area contributed by atoms with Crippen molar-refractivity contribution in [3.8, 4) is 5.75 Å². The van der Waals surface area contributed by atoms with Gasteiger partial charge in [-0.2, -0.15) is 0 Å².